The van der Waals surface area contributed by atoms with Crippen molar-refractivity contribution in [3.8, 4) is 0 Å². The van der Waals surface area contributed by atoms with Gasteiger partial charge in [-0.25, -0.2) is 0 Å². The third-order valence-corrected chi connectivity index (χ3v) is 5.88. The lowest BCUT2D eigenvalue weighted by Crippen LogP contribution is -2.36. The summed E-state index contributed by atoms with van der Waals surface area (Å²) in [5.74, 6) is 0.227. The molecule has 1 saturated heterocycles. The van der Waals surface area contributed by atoms with Crippen LogP contribution in [0.4, 0.5) is 0 Å². The Kier molecular flexibility index (Phi) is 5.50. The van der Waals surface area contributed by atoms with Crippen LogP contribution < -0.4 is 0 Å². The van der Waals surface area contributed by atoms with Crippen molar-refractivity contribution in [1.29, 1.82) is 0 Å². The van der Waals surface area contributed by atoms with Crippen LogP contribution in [-0.2, 0) is 4.79 Å². The summed E-state index contributed by atoms with van der Waals surface area (Å²) in [4.78, 5) is 28.5. The SMILES string of the molecule is CC(=O)N1CCCN(C(=O)c2cc(C)n(C3CCCCC3)c2C)CC1. The second-order valence-electron chi connectivity index (χ2n) is 7.60. The molecule has 0 aromatic carbocycles. The van der Waals surface area contributed by atoms with Gasteiger partial charge in [-0.2, -0.15) is 0 Å². The van der Waals surface area contributed by atoms with Gasteiger partial charge in [0.15, 0.2) is 0 Å². The fourth-order valence-corrected chi connectivity index (χ4v) is 4.50. The Morgan fingerprint density at radius 2 is 1.56 bits per heavy atom. The molecule has 1 aromatic heterocycles. The van der Waals surface area contributed by atoms with Crippen molar-refractivity contribution in [3.63, 3.8) is 0 Å². The molecule has 1 aliphatic heterocycles. The summed E-state index contributed by atoms with van der Waals surface area (Å²) < 4.78 is 2.39. The maximum atomic E-state index is 13.1. The van der Waals surface area contributed by atoms with E-state index in [9.17, 15) is 9.59 Å². The Morgan fingerprint density at radius 1 is 0.920 bits per heavy atom. The number of carbonyl (C=O) groups excluding carboxylic acids is 2. The van der Waals surface area contributed by atoms with Gasteiger partial charge in [0.05, 0.1) is 5.56 Å². The topological polar surface area (TPSA) is 45.6 Å². The maximum Gasteiger partial charge on any atom is 0.255 e. The van der Waals surface area contributed by atoms with Gasteiger partial charge in [0.1, 0.15) is 0 Å². The summed E-state index contributed by atoms with van der Waals surface area (Å²) in [6.07, 6.45) is 7.22. The highest BCUT2D eigenvalue weighted by atomic mass is 16.2. The standard InChI is InChI=1S/C20H31N3O2/c1-15-14-19(16(2)23(15)18-8-5-4-6-9-18)20(25)22-11-7-10-21(12-13-22)17(3)24/h14,18H,4-13H2,1-3H3. The number of aryl methyl sites for hydroxylation is 1. The molecular weight excluding hydrogens is 314 g/mol. The van der Waals surface area contributed by atoms with Crippen LogP contribution in [0.25, 0.3) is 0 Å². The number of hydrogen-bond acceptors (Lipinski definition) is 2. The smallest absolute Gasteiger partial charge is 0.255 e. The van der Waals surface area contributed by atoms with Crippen LogP contribution >= 0.6 is 0 Å². The zero-order valence-corrected chi connectivity index (χ0v) is 15.9. The minimum Gasteiger partial charge on any atom is -0.345 e. The van der Waals surface area contributed by atoms with Gasteiger partial charge in [-0.1, -0.05) is 19.3 Å². The highest BCUT2D eigenvalue weighted by Gasteiger charge is 2.26. The van der Waals surface area contributed by atoms with Crippen molar-refractivity contribution in [1.82, 2.24) is 14.4 Å². The van der Waals surface area contributed by atoms with Gasteiger partial charge >= 0.3 is 0 Å². The average Bonchev–Trinajstić information content (AvgIpc) is 2.78. The first-order valence-corrected chi connectivity index (χ1v) is 9.72. The molecule has 0 radical (unpaired) electrons. The van der Waals surface area contributed by atoms with Crippen molar-refractivity contribution in [2.75, 3.05) is 26.2 Å². The number of hydrogen-bond donors (Lipinski definition) is 0. The molecule has 138 valence electrons. The summed E-state index contributed by atoms with van der Waals surface area (Å²) in [5, 5.41) is 0. The van der Waals surface area contributed by atoms with E-state index in [0.29, 0.717) is 19.1 Å². The Balaban J connectivity index is 1.77. The van der Waals surface area contributed by atoms with E-state index in [1.165, 1.54) is 37.8 Å². The van der Waals surface area contributed by atoms with Gasteiger partial charge in [0.25, 0.3) is 5.91 Å². The minimum atomic E-state index is 0.102. The monoisotopic (exact) mass is 345 g/mol. The van der Waals surface area contributed by atoms with Crippen LogP contribution in [0.5, 0.6) is 0 Å². The van der Waals surface area contributed by atoms with E-state index in [0.717, 1.165) is 30.8 Å². The summed E-state index contributed by atoms with van der Waals surface area (Å²) in [6.45, 7) is 8.58. The molecule has 2 aliphatic rings. The molecule has 0 unspecified atom stereocenters. The van der Waals surface area contributed by atoms with Gasteiger partial charge < -0.3 is 14.4 Å². The summed E-state index contributed by atoms with van der Waals surface area (Å²) in [7, 11) is 0. The maximum absolute atomic E-state index is 13.1. The van der Waals surface area contributed by atoms with Crippen LogP contribution in [-0.4, -0.2) is 52.4 Å². The van der Waals surface area contributed by atoms with Gasteiger partial charge in [-0.05, 0) is 39.2 Å². The summed E-state index contributed by atoms with van der Waals surface area (Å²) in [6, 6.07) is 2.62. The molecule has 2 amide bonds. The lowest BCUT2D eigenvalue weighted by Gasteiger charge is -2.27. The number of nitrogens with zero attached hydrogens (tertiary/aromatic N) is 3. The molecule has 3 rings (SSSR count). The molecule has 5 heteroatoms. The van der Waals surface area contributed by atoms with E-state index in [-0.39, 0.29) is 11.8 Å². The average molecular weight is 345 g/mol. The largest absolute Gasteiger partial charge is 0.345 e. The summed E-state index contributed by atoms with van der Waals surface area (Å²) >= 11 is 0. The molecule has 0 spiro atoms. The van der Waals surface area contributed by atoms with Crippen molar-refractivity contribution < 1.29 is 9.59 Å². The van der Waals surface area contributed by atoms with Crippen LogP contribution in [0.1, 0.15) is 73.2 Å². The number of amides is 2. The fourth-order valence-electron chi connectivity index (χ4n) is 4.50. The third-order valence-electron chi connectivity index (χ3n) is 5.88. The number of aromatic nitrogens is 1. The van der Waals surface area contributed by atoms with Gasteiger partial charge in [-0.3, -0.25) is 9.59 Å². The first-order valence-electron chi connectivity index (χ1n) is 9.72. The van der Waals surface area contributed by atoms with E-state index >= 15 is 0 Å². The molecule has 2 heterocycles. The number of rotatable bonds is 2. The van der Waals surface area contributed by atoms with Crippen LogP contribution in [0.3, 0.4) is 0 Å². The Bertz CT molecular complexity index is 644. The minimum absolute atomic E-state index is 0.102. The predicted molar refractivity (Wildman–Crippen MR) is 98.8 cm³/mol. The molecular formula is C20H31N3O2. The van der Waals surface area contributed by atoms with E-state index in [1.54, 1.807) is 6.92 Å². The molecule has 1 aromatic rings. The summed E-state index contributed by atoms with van der Waals surface area (Å²) in [5.41, 5.74) is 3.16. The first kappa shape index (κ1) is 18.0. The lowest BCUT2D eigenvalue weighted by molar-refractivity contribution is -0.128. The third kappa shape index (κ3) is 3.75. The highest BCUT2D eigenvalue weighted by molar-refractivity contribution is 5.95. The van der Waals surface area contributed by atoms with Crippen molar-refractivity contribution >= 4 is 11.8 Å². The molecule has 5 nitrogen and oxygen atoms in total. The lowest BCUT2D eigenvalue weighted by atomic mass is 9.95. The van der Waals surface area contributed by atoms with E-state index < -0.39 is 0 Å². The molecule has 2 fully saturated rings. The Hall–Kier alpha value is -1.78. The van der Waals surface area contributed by atoms with Crippen molar-refractivity contribution in [2.45, 2.75) is 65.3 Å². The highest BCUT2D eigenvalue weighted by Crippen LogP contribution is 2.32. The van der Waals surface area contributed by atoms with Gasteiger partial charge in [0, 0.05) is 50.5 Å². The van der Waals surface area contributed by atoms with E-state index in [1.807, 2.05) is 9.80 Å². The molecule has 0 atom stereocenters. The van der Waals surface area contributed by atoms with E-state index in [2.05, 4.69) is 24.5 Å². The Labute approximate surface area is 151 Å². The quantitative estimate of drug-likeness (QED) is 0.825. The molecule has 1 saturated carbocycles. The first-order chi connectivity index (χ1) is 12.0. The van der Waals surface area contributed by atoms with Crippen molar-refractivity contribution in [2.24, 2.45) is 0 Å². The normalized spacial score (nSPS) is 19.8. The predicted octanol–water partition coefficient (Wildman–Crippen LogP) is 3.30. The van der Waals surface area contributed by atoms with Crippen molar-refractivity contribution in [3.05, 3.63) is 23.0 Å². The van der Waals surface area contributed by atoms with Crippen LogP contribution in [0.2, 0.25) is 0 Å². The second kappa shape index (κ2) is 7.63. The van der Waals surface area contributed by atoms with Crippen LogP contribution in [0, 0.1) is 13.8 Å². The molecule has 25 heavy (non-hydrogen) atoms. The zero-order chi connectivity index (χ0) is 18.0. The zero-order valence-electron chi connectivity index (χ0n) is 15.9. The Morgan fingerprint density at radius 3 is 2.24 bits per heavy atom. The van der Waals surface area contributed by atoms with E-state index in [4.69, 9.17) is 0 Å². The molecule has 0 N–H and O–H groups in total. The van der Waals surface area contributed by atoms with Gasteiger partial charge in [-0.15, -0.1) is 0 Å². The number of carbonyl (C=O) groups is 2. The van der Waals surface area contributed by atoms with Crippen LogP contribution in [0.15, 0.2) is 6.07 Å². The molecule has 1 aliphatic carbocycles. The van der Waals surface area contributed by atoms with Gasteiger partial charge in [0.2, 0.25) is 5.91 Å². The second-order valence-corrected chi connectivity index (χ2v) is 7.60. The fraction of sp³-hybridized carbons (Fsp3) is 0.700. The molecule has 0 bridgehead atoms.